The Labute approximate surface area is 176 Å². The predicted molar refractivity (Wildman–Crippen MR) is 118 cm³/mol. The number of benzene rings is 1. The normalized spacial score (nSPS) is 42.9. The Morgan fingerprint density at radius 2 is 1.76 bits per heavy atom. The van der Waals surface area contributed by atoms with Crippen LogP contribution in [0.25, 0.3) is 6.08 Å². The van der Waals surface area contributed by atoms with E-state index in [-0.39, 0.29) is 5.41 Å². The molecule has 0 amide bonds. The second-order valence-electron chi connectivity index (χ2n) is 10.8. The summed E-state index contributed by atoms with van der Waals surface area (Å²) in [5.41, 5.74) is 2.60. The zero-order chi connectivity index (χ0) is 20.2. The molecule has 0 radical (unpaired) electrons. The zero-order valence-electron chi connectivity index (χ0n) is 18.4. The van der Waals surface area contributed by atoms with Gasteiger partial charge in [0.2, 0.25) is 0 Å². The molecular weight excluding hydrogens is 356 g/mol. The van der Waals surface area contributed by atoms with Gasteiger partial charge in [-0.25, -0.2) is 0 Å². The molecule has 2 nitrogen and oxygen atoms in total. The number of allylic oxidation sites excluding steroid dienone is 1. The van der Waals surface area contributed by atoms with E-state index in [0.717, 1.165) is 47.5 Å². The molecule has 0 N–H and O–H groups in total. The van der Waals surface area contributed by atoms with Gasteiger partial charge in [-0.15, -0.1) is 0 Å². The Morgan fingerprint density at radius 1 is 0.966 bits per heavy atom. The van der Waals surface area contributed by atoms with Crippen LogP contribution in [-0.4, -0.2) is 12.9 Å². The summed E-state index contributed by atoms with van der Waals surface area (Å²) >= 11 is 0. The molecule has 0 bridgehead atoms. The predicted octanol–water partition coefficient (Wildman–Crippen LogP) is 6.69. The summed E-state index contributed by atoms with van der Waals surface area (Å²) in [5, 5.41) is 0. The highest BCUT2D eigenvalue weighted by Crippen LogP contribution is 2.66. The van der Waals surface area contributed by atoms with Crippen molar-refractivity contribution in [2.75, 3.05) is 7.11 Å². The smallest absolute Gasteiger partial charge is 0.165 e. The molecule has 4 aliphatic carbocycles. The third-order valence-corrected chi connectivity index (χ3v) is 9.68. The summed E-state index contributed by atoms with van der Waals surface area (Å²) in [6.07, 6.45) is 14.0. The Balaban J connectivity index is 1.43. The van der Waals surface area contributed by atoms with Gasteiger partial charge in [-0.3, -0.25) is 4.79 Å². The van der Waals surface area contributed by atoms with Crippen LogP contribution in [0.3, 0.4) is 0 Å². The maximum Gasteiger partial charge on any atom is 0.165 e. The van der Waals surface area contributed by atoms with Crippen molar-refractivity contribution in [3.8, 4) is 5.75 Å². The lowest BCUT2D eigenvalue weighted by molar-refractivity contribution is -0.137. The molecule has 4 fully saturated rings. The van der Waals surface area contributed by atoms with Gasteiger partial charge in [0.15, 0.2) is 5.78 Å². The lowest BCUT2D eigenvalue weighted by Crippen LogP contribution is -2.52. The van der Waals surface area contributed by atoms with Crippen LogP contribution in [0.1, 0.15) is 77.2 Å². The Hall–Kier alpha value is -1.57. The van der Waals surface area contributed by atoms with Gasteiger partial charge in [0.05, 0.1) is 7.11 Å². The van der Waals surface area contributed by atoms with E-state index in [0.29, 0.717) is 17.1 Å². The number of ether oxygens (including phenoxy) is 1. The lowest BCUT2D eigenvalue weighted by atomic mass is 9.45. The summed E-state index contributed by atoms with van der Waals surface area (Å²) < 4.78 is 5.28. The average Bonchev–Trinajstić information content (AvgIpc) is 2.99. The Morgan fingerprint density at radius 3 is 2.52 bits per heavy atom. The second kappa shape index (κ2) is 7.00. The topological polar surface area (TPSA) is 26.3 Å². The number of methoxy groups -OCH3 is 1. The molecule has 4 saturated carbocycles. The summed E-state index contributed by atoms with van der Waals surface area (Å²) in [6.45, 7) is 4.90. The quantitative estimate of drug-likeness (QED) is 0.524. The summed E-state index contributed by atoms with van der Waals surface area (Å²) in [6, 6.07) is 8.12. The van der Waals surface area contributed by atoms with E-state index in [2.05, 4.69) is 32.1 Å². The van der Waals surface area contributed by atoms with Crippen molar-refractivity contribution in [3.05, 3.63) is 35.4 Å². The van der Waals surface area contributed by atoms with Gasteiger partial charge in [0.1, 0.15) is 5.75 Å². The standard InChI is InChI=1S/C27H36O2/c1-26-14-5-4-6-20(26)9-12-22-23(26)13-15-27(2)24(22)17-19(25(27)28)16-18-7-10-21(29-3)11-8-18/h7-8,10-11,16,20,22-24H,4-6,9,12-15,17H2,1-3H3/b19-16+. The van der Waals surface area contributed by atoms with E-state index in [9.17, 15) is 4.79 Å². The van der Waals surface area contributed by atoms with E-state index < -0.39 is 0 Å². The van der Waals surface area contributed by atoms with Crippen molar-refractivity contribution in [2.24, 2.45) is 34.5 Å². The molecule has 0 aromatic heterocycles. The van der Waals surface area contributed by atoms with Crippen molar-refractivity contribution in [1.29, 1.82) is 0 Å². The number of carbonyl (C=O) groups excluding carboxylic acids is 1. The van der Waals surface area contributed by atoms with Crippen LogP contribution in [-0.2, 0) is 4.79 Å². The van der Waals surface area contributed by atoms with Gasteiger partial charge in [0, 0.05) is 5.41 Å². The highest BCUT2D eigenvalue weighted by molar-refractivity contribution is 6.05. The fourth-order valence-electron chi connectivity index (χ4n) is 8.00. The van der Waals surface area contributed by atoms with Crippen molar-refractivity contribution < 1.29 is 9.53 Å². The molecule has 4 aliphatic rings. The molecule has 1 aromatic rings. The third kappa shape index (κ3) is 2.93. The fraction of sp³-hybridized carbons (Fsp3) is 0.667. The SMILES string of the molecule is COc1ccc(/C=C2\CC3C4CCC5CCCCC5(C)C4CCC3(C)C2=O)cc1. The molecular formula is C27H36O2. The highest BCUT2D eigenvalue weighted by atomic mass is 16.5. The van der Waals surface area contributed by atoms with Crippen LogP contribution in [0, 0.1) is 34.5 Å². The highest BCUT2D eigenvalue weighted by Gasteiger charge is 2.60. The minimum absolute atomic E-state index is 0.128. The van der Waals surface area contributed by atoms with Crippen LogP contribution in [0.4, 0.5) is 0 Å². The number of hydrogen-bond acceptors (Lipinski definition) is 2. The first-order chi connectivity index (χ1) is 14.0. The lowest BCUT2D eigenvalue weighted by Gasteiger charge is -2.59. The first-order valence-electron chi connectivity index (χ1n) is 11.8. The van der Waals surface area contributed by atoms with Crippen molar-refractivity contribution in [1.82, 2.24) is 0 Å². The molecule has 0 saturated heterocycles. The van der Waals surface area contributed by atoms with Gasteiger partial charge in [-0.05, 0) is 103 Å². The minimum Gasteiger partial charge on any atom is -0.497 e. The van der Waals surface area contributed by atoms with E-state index in [1.54, 1.807) is 7.11 Å². The van der Waals surface area contributed by atoms with E-state index in [1.807, 2.05) is 12.1 Å². The summed E-state index contributed by atoms with van der Waals surface area (Å²) in [7, 11) is 1.69. The number of fused-ring (bicyclic) bond motifs is 5. The molecule has 156 valence electrons. The number of ketones is 1. The van der Waals surface area contributed by atoms with Crippen molar-refractivity contribution in [3.63, 3.8) is 0 Å². The van der Waals surface area contributed by atoms with Crippen LogP contribution < -0.4 is 4.74 Å². The Kier molecular flexibility index (Phi) is 4.68. The first-order valence-corrected chi connectivity index (χ1v) is 11.8. The fourth-order valence-corrected chi connectivity index (χ4v) is 8.00. The molecule has 6 atom stereocenters. The molecule has 6 unspecified atom stereocenters. The monoisotopic (exact) mass is 392 g/mol. The number of hydrogen-bond donors (Lipinski definition) is 0. The Bertz CT molecular complexity index is 821. The molecule has 1 aromatic carbocycles. The van der Waals surface area contributed by atoms with Gasteiger partial charge in [-0.1, -0.05) is 38.8 Å². The van der Waals surface area contributed by atoms with E-state index in [4.69, 9.17) is 4.74 Å². The molecule has 0 spiro atoms. The van der Waals surface area contributed by atoms with Crippen molar-refractivity contribution >= 4 is 11.9 Å². The molecule has 0 aliphatic heterocycles. The molecule has 2 heteroatoms. The van der Waals surface area contributed by atoms with Crippen LogP contribution in [0.5, 0.6) is 5.75 Å². The van der Waals surface area contributed by atoms with Gasteiger partial charge >= 0.3 is 0 Å². The maximum atomic E-state index is 13.5. The van der Waals surface area contributed by atoms with E-state index >= 15 is 0 Å². The minimum atomic E-state index is -0.128. The maximum absolute atomic E-state index is 13.5. The number of rotatable bonds is 2. The first kappa shape index (κ1) is 19.4. The second-order valence-corrected chi connectivity index (χ2v) is 10.8. The molecule has 5 rings (SSSR count). The van der Waals surface area contributed by atoms with Gasteiger partial charge < -0.3 is 4.74 Å². The van der Waals surface area contributed by atoms with Crippen LogP contribution >= 0.6 is 0 Å². The largest absolute Gasteiger partial charge is 0.497 e. The summed E-state index contributed by atoms with van der Waals surface area (Å²) in [4.78, 5) is 13.5. The van der Waals surface area contributed by atoms with Gasteiger partial charge in [0.25, 0.3) is 0 Å². The average molecular weight is 393 g/mol. The number of Topliss-reactive ketones (excluding diaryl/α,β-unsaturated/α-hetero) is 1. The third-order valence-electron chi connectivity index (χ3n) is 9.68. The van der Waals surface area contributed by atoms with E-state index in [1.165, 1.54) is 44.9 Å². The summed E-state index contributed by atoms with van der Waals surface area (Å²) in [5.74, 6) is 4.39. The van der Waals surface area contributed by atoms with Crippen molar-refractivity contribution in [2.45, 2.75) is 71.6 Å². The van der Waals surface area contributed by atoms with Gasteiger partial charge in [-0.2, -0.15) is 0 Å². The molecule has 0 heterocycles. The van der Waals surface area contributed by atoms with Crippen LogP contribution in [0.2, 0.25) is 0 Å². The molecule has 29 heavy (non-hydrogen) atoms. The van der Waals surface area contributed by atoms with Crippen LogP contribution in [0.15, 0.2) is 29.8 Å². The zero-order valence-corrected chi connectivity index (χ0v) is 18.4. The number of carbonyl (C=O) groups is 1.